The first-order chi connectivity index (χ1) is 6.81. The Bertz CT molecular complexity index is 198. The number of rotatable bonds is 4. The largest absolute Gasteiger partial charge is 0.399 e. The molecular weight excluding hydrogens is 192 g/mol. The molecule has 0 saturated carbocycles. The third-order valence-corrected chi connectivity index (χ3v) is 2.67. The second kappa shape index (κ2) is 10.4. The molecule has 0 aliphatic heterocycles. The number of aryl methyl sites for hydroxylation is 1. The Morgan fingerprint density at radius 1 is 1.00 bits per heavy atom. The smallest absolute Gasteiger partial charge is 0.304 e. The molecule has 0 saturated heterocycles. The van der Waals surface area contributed by atoms with E-state index in [1.54, 1.807) is 0 Å². The minimum absolute atomic E-state index is 0.589. The molecule has 1 aromatic carbocycles. The highest BCUT2D eigenvalue weighted by Gasteiger charge is 1.79. The van der Waals surface area contributed by atoms with Crippen molar-refractivity contribution in [1.29, 1.82) is 0 Å². The second-order valence-corrected chi connectivity index (χ2v) is 3.81. The van der Waals surface area contributed by atoms with Crippen LogP contribution < -0.4 is 0 Å². The van der Waals surface area contributed by atoms with Crippen LogP contribution in [0.4, 0.5) is 0 Å². The first-order valence-electron chi connectivity index (χ1n) is 4.98. The lowest BCUT2D eigenvalue weighted by Crippen LogP contribution is -2.02. The number of benzene rings is 1. The topological polar surface area (TPSA) is 18.5 Å². The van der Waals surface area contributed by atoms with Crippen molar-refractivity contribution in [2.75, 3.05) is 13.2 Å². The first kappa shape index (κ1) is 13.4. The highest BCUT2D eigenvalue weighted by Crippen LogP contribution is 1.92. The maximum atomic E-state index is 4.99. The summed E-state index contributed by atoms with van der Waals surface area (Å²) in [5.41, 5.74) is 1.32. The minimum Gasteiger partial charge on any atom is -0.399 e. The molecule has 14 heavy (non-hydrogen) atoms. The van der Waals surface area contributed by atoms with Crippen LogP contribution in [0.25, 0.3) is 0 Å². The molecule has 0 amide bonds. The van der Waals surface area contributed by atoms with Gasteiger partial charge in [0, 0.05) is 13.2 Å². The van der Waals surface area contributed by atoms with Gasteiger partial charge in [-0.15, -0.1) is 0 Å². The van der Waals surface area contributed by atoms with Gasteiger partial charge in [0.25, 0.3) is 0 Å². The Hall–Kier alpha value is -0.643. The molecule has 0 spiro atoms. The van der Waals surface area contributed by atoms with Crippen LogP contribution in [0.5, 0.6) is 0 Å². The van der Waals surface area contributed by atoms with E-state index in [9.17, 15) is 0 Å². The van der Waals surface area contributed by atoms with Crippen LogP contribution in [-0.2, 0) is 8.85 Å². The molecule has 0 heterocycles. The molecule has 0 unspecified atom stereocenters. The molecule has 0 atom stereocenters. The molecule has 0 N–H and O–H groups in total. The predicted octanol–water partition coefficient (Wildman–Crippen LogP) is 2.05. The van der Waals surface area contributed by atoms with Gasteiger partial charge in [0.2, 0.25) is 0 Å². The average molecular weight is 212 g/mol. The highest BCUT2D eigenvalue weighted by atomic mass is 28.3. The van der Waals surface area contributed by atoms with Crippen LogP contribution in [0.3, 0.4) is 0 Å². The van der Waals surface area contributed by atoms with E-state index in [1.807, 2.05) is 32.0 Å². The molecule has 0 aromatic heterocycles. The zero-order chi connectivity index (χ0) is 10.6. The van der Waals surface area contributed by atoms with E-state index >= 15 is 0 Å². The summed E-state index contributed by atoms with van der Waals surface area (Å²) in [4.78, 5) is 0. The van der Waals surface area contributed by atoms with Crippen molar-refractivity contribution in [3.05, 3.63) is 35.9 Å². The Labute approximate surface area is 89.3 Å². The van der Waals surface area contributed by atoms with E-state index in [0.29, 0.717) is 0 Å². The molecule has 1 aromatic rings. The fourth-order valence-corrected chi connectivity index (χ4v) is 1.21. The molecule has 0 bridgehead atoms. The van der Waals surface area contributed by atoms with Gasteiger partial charge >= 0.3 is 10.0 Å². The summed E-state index contributed by atoms with van der Waals surface area (Å²) in [5.74, 6) is 0. The third kappa shape index (κ3) is 9.44. The van der Waals surface area contributed by atoms with Gasteiger partial charge in [0.1, 0.15) is 0 Å². The van der Waals surface area contributed by atoms with E-state index in [1.165, 1.54) is 5.56 Å². The summed E-state index contributed by atoms with van der Waals surface area (Å²) in [6, 6.07) is 10.3. The van der Waals surface area contributed by atoms with Gasteiger partial charge in [0.05, 0.1) is 0 Å². The van der Waals surface area contributed by atoms with E-state index in [-0.39, 0.29) is 0 Å². The number of hydrogen-bond donors (Lipinski definition) is 0. The SMILES string of the molecule is CCO[SiH2]OCC.Cc1ccccc1. The van der Waals surface area contributed by atoms with Crippen LogP contribution in [-0.4, -0.2) is 23.2 Å². The average Bonchev–Trinajstić information content (AvgIpc) is 2.21. The van der Waals surface area contributed by atoms with Gasteiger partial charge in [-0.05, 0) is 20.8 Å². The molecule has 0 radical (unpaired) electrons. The van der Waals surface area contributed by atoms with Crippen molar-refractivity contribution in [1.82, 2.24) is 0 Å². The standard InChI is InChI=1S/C7H8.C4H12O2Si/c1-7-5-3-2-4-6-7;1-3-5-7-6-4-2/h2-6H,1H3;3-4,7H2,1-2H3. The maximum Gasteiger partial charge on any atom is 0.304 e. The van der Waals surface area contributed by atoms with Crippen LogP contribution >= 0.6 is 0 Å². The number of hydrogen-bond acceptors (Lipinski definition) is 2. The second-order valence-electron chi connectivity index (χ2n) is 2.76. The molecule has 0 aliphatic rings. The molecule has 80 valence electrons. The van der Waals surface area contributed by atoms with E-state index < -0.39 is 10.0 Å². The van der Waals surface area contributed by atoms with Gasteiger partial charge in [-0.25, -0.2) is 0 Å². The van der Waals surface area contributed by atoms with Crippen molar-refractivity contribution in [3.8, 4) is 0 Å². The Balaban J connectivity index is 0.000000241. The van der Waals surface area contributed by atoms with Crippen LogP contribution in [0, 0.1) is 6.92 Å². The highest BCUT2D eigenvalue weighted by molar-refractivity contribution is 6.17. The summed E-state index contributed by atoms with van der Waals surface area (Å²) in [6.45, 7) is 7.64. The van der Waals surface area contributed by atoms with E-state index in [4.69, 9.17) is 8.85 Å². The van der Waals surface area contributed by atoms with Gasteiger partial charge in [-0.2, -0.15) is 0 Å². The fourth-order valence-electron chi connectivity index (χ4n) is 0.760. The fraction of sp³-hybridized carbons (Fsp3) is 0.455. The van der Waals surface area contributed by atoms with E-state index in [2.05, 4.69) is 19.1 Å². The van der Waals surface area contributed by atoms with E-state index in [0.717, 1.165) is 13.2 Å². The molecule has 0 aliphatic carbocycles. The summed E-state index contributed by atoms with van der Waals surface area (Å²) in [5, 5.41) is 0. The van der Waals surface area contributed by atoms with Crippen molar-refractivity contribution in [3.63, 3.8) is 0 Å². The molecule has 2 nitrogen and oxygen atoms in total. The van der Waals surface area contributed by atoms with Gasteiger partial charge in [-0.1, -0.05) is 35.9 Å². The lowest BCUT2D eigenvalue weighted by molar-refractivity contribution is 0.240. The van der Waals surface area contributed by atoms with Crippen LogP contribution in [0.1, 0.15) is 19.4 Å². The summed E-state index contributed by atoms with van der Waals surface area (Å²) in [7, 11) is -0.589. The molecule has 0 fully saturated rings. The maximum absolute atomic E-state index is 4.99. The van der Waals surface area contributed by atoms with Gasteiger partial charge < -0.3 is 8.85 Å². The van der Waals surface area contributed by atoms with Gasteiger partial charge in [0.15, 0.2) is 0 Å². The van der Waals surface area contributed by atoms with Gasteiger partial charge in [-0.3, -0.25) is 0 Å². The van der Waals surface area contributed by atoms with Crippen molar-refractivity contribution < 1.29 is 8.85 Å². The quantitative estimate of drug-likeness (QED) is 0.562. The molecular formula is C11H20O2Si. The molecule has 1 rings (SSSR count). The first-order valence-corrected chi connectivity index (χ1v) is 6.13. The van der Waals surface area contributed by atoms with Crippen molar-refractivity contribution in [2.45, 2.75) is 20.8 Å². The van der Waals surface area contributed by atoms with Crippen molar-refractivity contribution >= 4 is 10.0 Å². The predicted molar refractivity (Wildman–Crippen MR) is 63.0 cm³/mol. The molecule has 3 heteroatoms. The Morgan fingerprint density at radius 2 is 1.50 bits per heavy atom. The normalized spacial score (nSPS) is 9.07. The summed E-state index contributed by atoms with van der Waals surface area (Å²) in [6.07, 6.45) is 0. The zero-order valence-electron chi connectivity index (χ0n) is 9.32. The monoisotopic (exact) mass is 212 g/mol. The lowest BCUT2D eigenvalue weighted by atomic mass is 10.2. The Kier molecular flexibility index (Phi) is 9.96. The van der Waals surface area contributed by atoms with Crippen LogP contribution in [0.2, 0.25) is 0 Å². The minimum atomic E-state index is -0.589. The summed E-state index contributed by atoms with van der Waals surface area (Å²) >= 11 is 0. The van der Waals surface area contributed by atoms with Crippen molar-refractivity contribution in [2.24, 2.45) is 0 Å². The lowest BCUT2D eigenvalue weighted by Gasteiger charge is -1.96. The third-order valence-electron chi connectivity index (χ3n) is 1.52. The zero-order valence-corrected chi connectivity index (χ0v) is 10.7. The Morgan fingerprint density at radius 3 is 1.79 bits per heavy atom. The summed E-state index contributed by atoms with van der Waals surface area (Å²) < 4.78 is 9.98. The van der Waals surface area contributed by atoms with Crippen LogP contribution in [0.15, 0.2) is 30.3 Å².